The summed E-state index contributed by atoms with van der Waals surface area (Å²) in [6, 6.07) is 12.6. The third kappa shape index (κ3) is 3.80. The van der Waals surface area contributed by atoms with Crippen LogP contribution in [0.1, 0.15) is 43.7 Å². The van der Waals surface area contributed by atoms with Crippen LogP contribution in [0.25, 0.3) is 10.9 Å². The van der Waals surface area contributed by atoms with Crippen molar-refractivity contribution in [2.75, 3.05) is 0 Å². The number of amides is 1. The Bertz CT molecular complexity index is 1500. The van der Waals surface area contributed by atoms with E-state index in [2.05, 4.69) is 9.97 Å². The van der Waals surface area contributed by atoms with E-state index in [1.807, 2.05) is 24.3 Å². The molecule has 3 N–H and O–H groups in total. The van der Waals surface area contributed by atoms with Crippen molar-refractivity contribution >= 4 is 52.0 Å². The minimum Gasteiger partial charge on any atom is -0.480 e. The van der Waals surface area contributed by atoms with Crippen LogP contribution in [0.15, 0.2) is 60.8 Å². The lowest BCUT2D eigenvalue weighted by atomic mass is 9.88. The number of nitrogens with zero attached hydrogens (tertiary/aromatic N) is 2. The minimum atomic E-state index is -1.39. The number of benzene rings is 2. The Morgan fingerprint density at radius 3 is 2.31 bits per heavy atom. The zero-order valence-electron chi connectivity index (χ0n) is 17.9. The Morgan fingerprint density at radius 2 is 1.66 bits per heavy atom. The predicted molar refractivity (Wildman–Crippen MR) is 129 cm³/mol. The molecule has 2 aromatic heterocycles. The lowest BCUT2D eigenvalue weighted by Crippen LogP contribution is -2.52. The van der Waals surface area contributed by atoms with Crippen LogP contribution in [0.2, 0.25) is 10.0 Å². The molecule has 0 bridgehead atoms. The van der Waals surface area contributed by atoms with Gasteiger partial charge in [-0.1, -0.05) is 47.5 Å². The number of aromatic carboxylic acids is 1. The number of halogens is 2. The SMILES string of the molecule is O=C(O)c1cc(Cl)c(Cl)cc1C(=O)N1C(c2ccccn2)c2[nH]c3ccccc3c2C[C@H]1C(=O)O. The van der Waals surface area contributed by atoms with Crippen LogP contribution in [-0.2, 0) is 11.2 Å². The van der Waals surface area contributed by atoms with Crippen LogP contribution in [-0.4, -0.2) is 49.0 Å². The van der Waals surface area contributed by atoms with Crippen LogP contribution >= 0.6 is 23.2 Å². The quantitative estimate of drug-likeness (QED) is 0.362. The number of hydrogen-bond acceptors (Lipinski definition) is 4. The number of aromatic amines is 1. The Kier molecular flexibility index (Phi) is 5.70. The van der Waals surface area contributed by atoms with Crippen molar-refractivity contribution in [2.45, 2.75) is 18.5 Å². The molecule has 10 heteroatoms. The van der Waals surface area contributed by atoms with Gasteiger partial charge in [-0.3, -0.25) is 9.78 Å². The van der Waals surface area contributed by atoms with E-state index in [0.717, 1.165) is 33.5 Å². The van der Waals surface area contributed by atoms with Gasteiger partial charge in [0.1, 0.15) is 12.1 Å². The van der Waals surface area contributed by atoms with Gasteiger partial charge in [0.05, 0.1) is 26.9 Å². The van der Waals surface area contributed by atoms with E-state index in [9.17, 15) is 24.6 Å². The molecule has 0 aliphatic carbocycles. The molecule has 8 nitrogen and oxygen atoms in total. The first-order valence-electron chi connectivity index (χ1n) is 10.6. The third-order valence-electron chi connectivity index (χ3n) is 6.14. The van der Waals surface area contributed by atoms with Crippen molar-refractivity contribution in [1.29, 1.82) is 0 Å². The monoisotopic (exact) mass is 509 g/mol. The number of carboxylic acid groups (broad SMARTS) is 2. The van der Waals surface area contributed by atoms with Gasteiger partial charge >= 0.3 is 11.9 Å². The molecule has 1 amide bonds. The van der Waals surface area contributed by atoms with Crippen LogP contribution < -0.4 is 0 Å². The molecular formula is C25H17Cl2N3O5. The smallest absolute Gasteiger partial charge is 0.336 e. The van der Waals surface area contributed by atoms with Gasteiger partial charge in [-0.2, -0.15) is 0 Å². The number of carbonyl (C=O) groups excluding carboxylic acids is 1. The highest BCUT2D eigenvalue weighted by molar-refractivity contribution is 6.42. The van der Waals surface area contributed by atoms with Crippen molar-refractivity contribution in [3.8, 4) is 0 Å². The van der Waals surface area contributed by atoms with E-state index >= 15 is 0 Å². The van der Waals surface area contributed by atoms with E-state index in [4.69, 9.17) is 23.2 Å². The lowest BCUT2D eigenvalue weighted by Gasteiger charge is -2.40. The predicted octanol–water partition coefficient (Wildman–Crippen LogP) is 4.81. The summed E-state index contributed by atoms with van der Waals surface area (Å²) < 4.78 is 0. The zero-order chi connectivity index (χ0) is 24.9. The second-order valence-corrected chi connectivity index (χ2v) is 8.92. The molecule has 176 valence electrons. The van der Waals surface area contributed by atoms with E-state index in [0.29, 0.717) is 11.4 Å². The van der Waals surface area contributed by atoms with Crippen LogP contribution in [0.5, 0.6) is 0 Å². The maximum absolute atomic E-state index is 14.0. The Labute approximate surface area is 208 Å². The highest BCUT2D eigenvalue weighted by atomic mass is 35.5. The van der Waals surface area contributed by atoms with Gasteiger partial charge in [-0.25, -0.2) is 9.59 Å². The molecule has 2 aromatic carbocycles. The highest BCUT2D eigenvalue weighted by Gasteiger charge is 2.45. The van der Waals surface area contributed by atoms with Gasteiger partial charge < -0.3 is 20.1 Å². The van der Waals surface area contributed by atoms with Gasteiger partial charge in [0, 0.05) is 29.2 Å². The fourth-order valence-corrected chi connectivity index (χ4v) is 4.95. The van der Waals surface area contributed by atoms with Crippen LogP contribution in [0.3, 0.4) is 0 Å². The topological polar surface area (TPSA) is 124 Å². The van der Waals surface area contributed by atoms with E-state index < -0.39 is 29.9 Å². The number of carbonyl (C=O) groups is 3. The molecule has 1 aliphatic heterocycles. The normalized spacial score (nSPS) is 17.3. The molecule has 1 unspecified atom stereocenters. The molecule has 0 saturated heterocycles. The van der Waals surface area contributed by atoms with Gasteiger partial charge in [0.15, 0.2) is 0 Å². The van der Waals surface area contributed by atoms with Gasteiger partial charge in [-0.05, 0) is 35.9 Å². The first-order valence-corrected chi connectivity index (χ1v) is 11.3. The summed E-state index contributed by atoms with van der Waals surface area (Å²) in [6.45, 7) is 0. The third-order valence-corrected chi connectivity index (χ3v) is 6.86. The largest absolute Gasteiger partial charge is 0.480 e. The Hall–Kier alpha value is -3.88. The average Bonchev–Trinajstić information content (AvgIpc) is 3.22. The molecule has 0 fully saturated rings. The standard InChI is InChI=1S/C25H17Cl2N3O5/c26-16-9-14(15(24(32)33)10-17(16)27)23(31)30-20(25(34)35)11-13-12-5-1-2-6-18(12)29-21(13)22(30)19-7-3-4-8-28-19/h1-10,20,22,29H,11H2,(H,32,33)(H,34,35)/t20-,22?/m0/s1. The molecule has 35 heavy (non-hydrogen) atoms. The summed E-state index contributed by atoms with van der Waals surface area (Å²) in [6.07, 6.45) is 1.57. The number of para-hydroxylation sites is 1. The second kappa shape index (κ2) is 8.72. The number of rotatable bonds is 4. The van der Waals surface area contributed by atoms with Crippen molar-refractivity contribution in [2.24, 2.45) is 0 Å². The molecule has 2 atom stereocenters. The molecule has 4 aromatic rings. The number of H-pyrrole nitrogens is 1. The zero-order valence-corrected chi connectivity index (χ0v) is 19.4. The summed E-state index contributed by atoms with van der Waals surface area (Å²) in [5, 5.41) is 20.7. The molecule has 0 saturated carbocycles. The van der Waals surface area contributed by atoms with Crippen molar-refractivity contribution in [3.63, 3.8) is 0 Å². The van der Waals surface area contributed by atoms with E-state index in [1.54, 1.807) is 24.4 Å². The molecule has 3 heterocycles. The van der Waals surface area contributed by atoms with Crippen molar-refractivity contribution in [1.82, 2.24) is 14.9 Å². The molecular weight excluding hydrogens is 493 g/mol. The van der Waals surface area contributed by atoms with Crippen molar-refractivity contribution < 1.29 is 24.6 Å². The molecule has 0 radical (unpaired) electrons. The number of carboxylic acids is 2. The maximum Gasteiger partial charge on any atom is 0.336 e. The van der Waals surface area contributed by atoms with E-state index in [-0.39, 0.29) is 27.6 Å². The van der Waals surface area contributed by atoms with E-state index in [1.165, 1.54) is 0 Å². The summed E-state index contributed by atoms with van der Waals surface area (Å²) in [5.74, 6) is -3.43. The number of fused-ring (bicyclic) bond motifs is 3. The van der Waals surface area contributed by atoms with Gasteiger partial charge in [0.2, 0.25) is 0 Å². The van der Waals surface area contributed by atoms with Gasteiger partial charge in [0.25, 0.3) is 5.91 Å². The summed E-state index contributed by atoms with van der Waals surface area (Å²) >= 11 is 12.1. The lowest BCUT2D eigenvalue weighted by molar-refractivity contribution is -0.143. The Morgan fingerprint density at radius 1 is 0.971 bits per heavy atom. The summed E-state index contributed by atoms with van der Waals surface area (Å²) in [4.78, 5) is 47.3. The highest BCUT2D eigenvalue weighted by Crippen LogP contribution is 2.41. The molecule has 1 aliphatic rings. The number of aliphatic carboxylic acids is 1. The van der Waals surface area contributed by atoms with Gasteiger partial charge in [-0.15, -0.1) is 0 Å². The molecule has 0 spiro atoms. The average molecular weight is 510 g/mol. The first-order chi connectivity index (χ1) is 16.8. The summed E-state index contributed by atoms with van der Waals surface area (Å²) in [7, 11) is 0. The number of hydrogen-bond donors (Lipinski definition) is 3. The summed E-state index contributed by atoms with van der Waals surface area (Å²) in [5.41, 5.74) is 1.96. The first kappa shape index (κ1) is 22.9. The number of nitrogens with one attached hydrogen (secondary N) is 1. The molecule has 5 rings (SSSR count). The number of pyridine rings is 1. The number of aromatic nitrogens is 2. The maximum atomic E-state index is 14.0. The Balaban J connectivity index is 1.78. The fraction of sp³-hybridized carbons (Fsp3) is 0.120. The van der Waals surface area contributed by atoms with Crippen LogP contribution in [0, 0.1) is 0 Å². The fourth-order valence-electron chi connectivity index (χ4n) is 4.62. The minimum absolute atomic E-state index is 0.0213. The van der Waals surface area contributed by atoms with Crippen molar-refractivity contribution in [3.05, 3.63) is 98.9 Å². The van der Waals surface area contributed by atoms with Crippen LogP contribution in [0.4, 0.5) is 0 Å². The second-order valence-electron chi connectivity index (χ2n) is 8.11.